The summed E-state index contributed by atoms with van der Waals surface area (Å²) in [6.45, 7) is 8.06. The Balaban J connectivity index is 1.87. The van der Waals surface area contributed by atoms with E-state index in [1.807, 2.05) is 12.1 Å². The lowest BCUT2D eigenvalue weighted by Crippen LogP contribution is -2.49. The molecule has 3 N–H and O–H groups in total. The average Bonchev–Trinajstić information content (AvgIpc) is 2.56. The van der Waals surface area contributed by atoms with E-state index in [0.29, 0.717) is 18.4 Å². The second-order valence-corrected chi connectivity index (χ2v) is 8.04. The zero-order valence-electron chi connectivity index (χ0n) is 15.6. The van der Waals surface area contributed by atoms with E-state index >= 15 is 0 Å². The number of carbonyl (C=O) groups excluding carboxylic acids is 2. The molecular formula is C20H30N2O3. The summed E-state index contributed by atoms with van der Waals surface area (Å²) in [6.07, 6.45) is 2.74. The van der Waals surface area contributed by atoms with Crippen LogP contribution in [0, 0.1) is 0 Å². The van der Waals surface area contributed by atoms with Crippen LogP contribution in [0.3, 0.4) is 0 Å². The maximum Gasteiger partial charge on any atom is 0.251 e. The predicted octanol–water partition coefficient (Wildman–Crippen LogP) is 2.52. The summed E-state index contributed by atoms with van der Waals surface area (Å²) >= 11 is 0. The molecule has 5 nitrogen and oxygen atoms in total. The lowest BCUT2D eigenvalue weighted by Gasteiger charge is -2.27. The summed E-state index contributed by atoms with van der Waals surface area (Å²) in [5, 5.41) is 15.2. The summed E-state index contributed by atoms with van der Waals surface area (Å²) in [7, 11) is 0. The molecule has 138 valence electrons. The van der Waals surface area contributed by atoms with Gasteiger partial charge in [-0.3, -0.25) is 9.59 Å². The zero-order valence-corrected chi connectivity index (χ0v) is 15.6. The number of aliphatic hydroxyl groups excluding tert-OH is 1. The van der Waals surface area contributed by atoms with E-state index < -0.39 is 6.04 Å². The van der Waals surface area contributed by atoms with Gasteiger partial charge in [0.15, 0.2) is 0 Å². The minimum absolute atomic E-state index is 0.0375. The van der Waals surface area contributed by atoms with Crippen LogP contribution in [-0.4, -0.2) is 35.1 Å². The SMILES string of the molecule is CC(NC(=O)c1ccc(C(C)(C)C)cc1)C(=O)NC1CCC(O)CC1. The van der Waals surface area contributed by atoms with Crippen molar-refractivity contribution < 1.29 is 14.7 Å². The number of hydrogen-bond acceptors (Lipinski definition) is 3. The summed E-state index contributed by atoms with van der Waals surface area (Å²) in [4.78, 5) is 24.6. The molecule has 2 amide bonds. The van der Waals surface area contributed by atoms with E-state index in [2.05, 4.69) is 31.4 Å². The molecule has 1 fully saturated rings. The Bertz CT molecular complexity index is 596. The fourth-order valence-electron chi connectivity index (χ4n) is 3.01. The summed E-state index contributed by atoms with van der Waals surface area (Å²) < 4.78 is 0. The number of carbonyl (C=O) groups is 2. The standard InChI is InChI=1S/C20H30N2O3/c1-13(18(24)22-16-9-11-17(23)12-10-16)21-19(25)14-5-7-15(8-6-14)20(2,3)4/h5-8,13,16-17,23H,9-12H2,1-4H3,(H,21,25)(H,22,24). The van der Waals surface area contributed by atoms with Crippen LogP contribution in [0.4, 0.5) is 0 Å². The highest BCUT2D eigenvalue weighted by atomic mass is 16.3. The Morgan fingerprint density at radius 2 is 1.64 bits per heavy atom. The Labute approximate surface area is 150 Å². The smallest absolute Gasteiger partial charge is 0.251 e. The van der Waals surface area contributed by atoms with Crippen molar-refractivity contribution in [3.05, 3.63) is 35.4 Å². The second kappa shape index (κ2) is 8.00. The minimum atomic E-state index is -0.596. The summed E-state index contributed by atoms with van der Waals surface area (Å²) in [6, 6.07) is 6.98. The highest BCUT2D eigenvalue weighted by molar-refractivity contribution is 5.97. The van der Waals surface area contributed by atoms with Crippen LogP contribution in [0.25, 0.3) is 0 Å². The zero-order chi connectivity index (χ0) is 18.6. The van der Waals surface area contributed by atoms with E-state index in [1.54, 1.807) is 19.1 Å². The van der Waals surface area contributed by atoms with Crippen LogP contribution in [-0.2, 0) is 10.2 Å². The van der Waals surface area contributed by atoms with E-state index in [-0.39, 0.29) is 29.4 Å². The first-order valence-corrected chi connectivity index (χ1v) is 9.06. The molecule has 0 bridgehead atoms. The van der Waals surface area contributed by atoms with Crippen molar-refractivity contribution in [2.45, 2.75) is 77.0 Å². The molecule has 0 aromatic heterocycles. The predicted molar refractivity (Wildman–Crippen MR) is 98.5 cm³/mol. The highest BCUT2D eigenvalue weighted by Crippen LogP contribution is 2.22. The van der Waals surface area contributed by atoms with Gasteiger partial charge in [0, 0.05) is 11.6 Å². The van der Waals surface area contributed by atoms with Crippen LogP contribution in [0.1, 0.15) is 69.3 Å². The van der Waals surface area contributed by atoms with E-state index in [4.69, 9.17) is 0 Å². The number of benzene rings is 1. The van der Waals surface area contributed by atoms with Crippen LogP contribution in [0.2, 0.25) is 0 Å². The molecule has 0 saturated heterocycles. The van der Waals surface area contributed by atoms with Gasteiger partial charge in [0.05, 0.1) is 6.10 Å². The molecule has 0 heterocycles. The largest absolute Gasteiger partial charge is 0.393 e. The van der Waals surface area contributed by atoms with Gasteiger partial charge in [0.25, 0.3) is 5.91 Å². The molecule has 1 aliphatic carbocycles. The molecule has 0 spiro atoms. The van der Waals surface area contributed by atoms with Gasteiger partial charge < -0.3 is 15.7 Å². The van der Waals surface area contributed by atoms with Crippen LogP contribution in [0.15, 0.2) is 24.3 Å². The Hall–Kier alpha value is -1.88. The first-order valence-electron chi connectivity index (χ1n) is 9.06. The van der Waals surface area contributed by atoms with E-state index in [0.717, 1.165) is 18.4 Å². The molecule has 1 aliphatic rings. The Morgan fingerprint density at radius 1 is 1.08 bits per heavy atom. The molecule has 5 heteroatoms. The minimum Gasteiger partial charge on any atom is -0.393 e. The van der Waals surface area contributed by atoms with Gasteiger partial charge >= 0.3 is 0 Å². The van der Waals surface area contributed by atoms with Crippen molar-refractivity contribution in [1.82, 2.24) is 10.6 Å². The molecule has 1 saturated carbocycles. The molecule has 0 aliphatic heterocycles. The molecule has 1 aromatic carbocycles. The topological polar surface area (TPSA) is 78.4 Å². The van der Waals surface area contributed by atoms with Gasteiger partial charge in [-0.1, -0.05) is 32.9 Å². The van der Waals surface area contributed by atoms with Crippen molar-refractivity contribution in [2.75, 3.05) is 0 Å². The Morgan fingerprint density at radius 3 is 2.16 bits per heavy atom. The second-order valence-electron chi connectivity index (χ2n) is 8.04. The van der Waals surface area contributed by atoms with Crippen LogP contribution < -0.4 is 10.6 Å². The molecule has 1 atom stereocenters. The third kappa shape index (κ3) is 5.56. The quantitative estimate of drug-likeness (QED) is 0.784. The molecule has 0 radical (unpaired) electrons. The number of hydrogen-bond donors (Lipinski definition) is 3. The summed E-state index contributed by atoms with van der Waals surface area (Å²) in [5.41, 5.74) is 1.75. The van der Waals surface area contributed by atoms with E-state index in [9.17, 15) is 14.7 Å². The van der Waals surface area contributed by atoms with Gasteiger partial charge in [-0.2, -0.15) is 0 Å². The van der Waals surface area contributed by atoms with Crippen molar-refractivity contribution in [2.24, 2.45) is 0 Å². The number of nitrogens with one attached hydrogen (secondary N) is 2. The van der Waals surface area contributed by atoms with Crippen molar-refractivity contribution in [3.8, 4) is 0 Å². The lowest BCUT2D eigenvalue weighted by atomic mass is 9.86. The van der Waals surface area contributed by atoms with Gasteiger partial charge in [-0.15, -0.1) is 0 Å². The van der Waals surface area contributed by atoms with Crippen molar-refractivity contribution >= 4 is 11.8 Å². The molecule has 2 rings (SSSR count). The van der Waals surface area contributed by atoms with Crippen LogP contribution >= 0.6 is 0 Å². The van der Waals surface area contributed by atoms with Crippen molar-refractivity contribution in [1.29, 1.82) is 0 Å². The van der Waals surface area contributed by atoms with Gasteiger partial charge in [-0.25, -0.2) is 0 Å². The number of aliphatic hydroxyl groups is 1. The van der Waals surface area contributed by atoms with E-state index in [1.165, 1.54) is 0 Å². The highest BCUT2D eigenvalue weighted by Gasteiger charge is 2.24. The van der Waals surface area contributed by atoms with Gasteiger partial charge in [-0.05, 0) is 55.7 Å². The maximum absolute atomic E-state index is 12.3. The monoisotopic (exact) mass is 346 g/mol. The summed E-state index contributed by atoms with van der Waals surface area (Å²) in [5.74, 6) is -0.428. The first kappa shape index (κ1) is 19.4. The van der Waals surface area contributed by atoms with Gasteiger partial charge in [0.2, 0.25) is 5.91 Å². The molecule has 1 unspecified atom stereocenters. The number of amides is 2. The third-order valence-electron chi connectivity index (χ3n) is 4.80. The van der Waals surface area contributed by atoms with Crippen molar-refractivity contribution in [3.63, 3.8) is 0 Å². The average molecular weight is 346 g/mol. The maximum atomic E-state index is 12.3. The van der Waals surface area contributed by atoms with Gasteiger partial charge in [0.1, 0.15) is 6.04 Å². The normalized spacial score (nSPS) is 22.1. The Kier molecular flexibility index (Phi) is 6.22. The first-order chi connectivity index (χ1) is 11.7. The molecular weight excluding hydrogens is 316 g/mol. The fraction of sp³-hybridized carbons (Fsp3) is 0.600. The molecule has 25 heavy (non-hydrogen) atoms. The lowest BCUT2D eigenvalue weighted by molar-refractivity contribution is -0.123. The third-order valence-corrected chi connectivity index (χ3v) is 4.80. The number of rotatable bonds is 4. The molecule has 1 aromatic rings. The fourth-order valence-corrected chi connectivity index (χ4v) is 3.01. The van der Waals surface area contributed by atoms with Crippen LogP contribution in [0.5, 0.6) is 0 Å².